The summed E-state index contributed by atoms with van der Waals surface area (Å²) < 4.78 is 5.47. The van der Waals surface area contributed by atoms with Gasteiger partial charge in [0.1, 0.15) is 11.8 Å². The topological polar surface area (TPSA) is 76.9 Å². The van der Waals surface area contributed by atoms with E-state index in [0.29, 0.717) is 24.4 Å². The molecule has 1 aliphatic heterocycles. The van der Waals surface area contributed by atoms with Crippen molar-refractivity contribution in [2.24, 2.45) is 0 Å². The molecule has 0 radical (unpaired) electrons. The van der Waals surface area contributed by atoms with Crippen LogP contribution in [0.3, 0.4) is 0 Å². The number of nitriles is 1. The number of rotatable bonds is 7. The van der Waals surface area contributed by atoms with Gasteiger partial charge >= 0.3 is 0 Å². The van der Waals surface area contributed by atoms with Gasteiger partial charge in [0.05, 0.1) is 12.1 Å². The third-order valence-corrected chi connectivity index (χ3v) is 5.37. The van der Waals surface area contributed by atoms with Crippen LogP contribution in [0, 0.1) is 18.3 Å². The third kappa shape index (κ3) is 6.30. The van der Waals surface area contributed by atoms with Crippen LogP contribution in [0.4, 0.5) is 0 Å². The van der Waals surface area contributed by atoms with E-state index in [1.54, 1.807) is 31.3 Å². The maximum Gasteiger partial charge on any atom is 0.260 e. The van der Waals surface area contributed by atoms with Crippen molar-refractivity contribution in [3.05, 3.63) is 65.2 Å². The molecule has 1 aliphatic rings. The molecule has 0 N–H and O–H groups in total. The zero-order chi connectivity index (χ0) is 22.2. The van der Waals surface area contributed by atoms with Gasteiger partial charge in [-0.2, -0.15) is 5.26 Å². The van der Waals surface area contributed by atoms with Crippen LogP contribution in [0.25, 0.3) is 0 Å². The van der Waals surface area contributed by atoms with Crippen molar-refractivity contribution in [3.8, 4) is 11.8 Å². The summed E-state index contributed by atoms with van der Waals surface area (Å²) in [5.41, 5.74) is 2.90. The minimum Gasteiger partial charge on any atom is -0.482 e. The van der Waals surface area contributed by atoms with Crippen LogP contribution in [-0.4, -0.2) is 72.9 Å². The third-order valence-electron chi connectivity index (χ3n) is 5.37. The Morgan fingerprint density at radius 3 is 2.55 bits per heavy atom. The molecule has 1 fully saturated rings. The highest BCUT2D eigenvalue weighted by Gasteiger charge is 2.23. The zero-order valence-electron chi connectivity index (χ0n) is 18.1. The summed E-state index contributed by atoms with van der Waals surface area (Å²) in [7, 11) is 1.59. The first-order valence-electron chi connectivity index (χ1n) is 10.4. The van der Waals surface area contributed by atoms with Crippen molar-refractivity contribution in [2.45, 2.75) is 13.5 Å². The summed E-state index contributed by atoms with van der Waals surface area (Å²) in [5.74, 6) is -0.00883. The van der Waals surface area contributed by atoms with Gasteiger partial charge in [-0.15, -0.1) is 0 Å². The number of likely N-dealkylation sites (N-methyl/N-ethyl adjacent to an activating group) is 1. The number of nitrogens with zero attached hydrogens (tertiary/aromatic N) is 4. The molecule has 0 bridgehead atoms. The van der Waals surface area contributed by atoms with E-state index in [1.807, 2.05) is 11.0 Å². The number of carbonyl (C=O) groups is 2. The normalized spacial score (nSPS) is 14.0. The van der Waals surface area contributed by atoms with E-state index in [1.165, 1.54) is 16.0 Å². The predicted octanol–water partition coefficient (Wildman–Crippen LogP) is 2.05. The molecule has 2 aromatic rings. The van der Waals surface area contributed by atoms with Gasteiger partial charge in [-0.1, -0.05) is 42.0 Å². The number of para-hydroxylation sites is 1. The molecule has 0 saturated carbocycles. The second-order valence-corrected chi connectivity index (χ2v) is 7.79. The Balaban J connectivity index is 1.42. The second kappa shape index (κ2) is 10.6. The summed E-state index contributed by atoms with van der Waals surface area (Å²) in [6.45, 7) is 5.69. The van der Waals surface area contributed by atoms with Crippen LogP contribution < -0.4 is 4.74 Å². The highest BCUT2D eigenvalue weighted by Crippen LogP contribution is 2.16. The number of amides is 2. The molecule has 0 atom stereocenters. The molecular weight excluding hydrogens is 392 g/mol. The van der Waals surface area contributed by atoms with E-state index in [2.05, 4.69) is 36.1 Å². The molecule has 0 unspecified atom stereocenters. The molecular formula is C24H28N4O3. The molecule has 0 aliphatic carbocycles. The Kier molecular flexibility index (Phi) is 7.63. The summed E-state index contributed by atoms with van der Waals surface area (Å²) in [6.07, 6.45) is 0. The first-order valence-corrected chi connectivity index (χ1v) is 10.4. The van der Waals surface area contributed by atoms with Gasteiger partial charge in [-0.05, 0) is 24.6 Å². The average molecular weight is 421 g/mol. The molecule has 7 heteroatoms. The summed E-state index contributed by atoms with van der Waals surface area (Å²) in [5, 5.41) is 9.09. The Morgan fingerprint density at radius 2 is 1.84 bits per heavy atom. The minimum absolute atomic E-state index is 0.0139. The highest BCUT2D eigenvalue weighted by atomic mass is 16.5. The summed E-state index contributed by atoms with van der Waals surface area (Å²) in [6, 6.07) is 17.3. The van der Waals surface area contributed by atoms with Crippen LogP contribution in [-0.2, 0) is 16.1 Å². The van der Waals surface area contributed by atoms with Crippen LogP contribution in [0.1, 0.15) is 16.7 Å². The van der Waals surface area contributed by atoms with Crippen LogP contribution in [0.15, 0.2) is 48.5 Å². The van der Waals surface area contributed by atoms with Crippen molar-refractivity contribution >= 4 is 11.8 Å². The maximum absolute atomic E-state index is 12.6. The molecule has 0 aromatic heterocycles. The predicted molar refractivity (Wildman–Crippen MR) is 117 cm³/mol. The highest BCUT2D eigenvalue weighted by molar-refractivity contribution is 5.85. The molecule has 2 amide bonds. The molecule has 162 valence electrons. The zero-order valence-corrected chi connectivity index (χ0v) is 18.1. The van der Waals surface area contributed by atoms with Crippen LogP contribution >= 0.6 is 0 Å². The lowest BCUT2D eigenvalue weighted by Crippen LogP contribution is -2.51. The van der Waals surface area contributed by atoms with Gasteiger partial charge in [-0.25, -0.2) is 0 Å². The van der Waals surface area contributed by atoms with Gasteiger partial charge in [-0.3, -0.25) is 14.5 Å². The molecule has 1 heterocycles. The van der Waals surface area contributed by atoms with E-state index in [4.69, 9.17) is 10.00 Å². The van der Waals surface area contributed by atoms with Crippen molar-refractivity contribution in [2.75, 3.05) is 46.4 Å². The summed E-state index contributed by atoms with van der Waals surface area (Å²) >= 11 is 0. The number of aryl methyl sites for hydroxylation is 1. The lowest BCUT2D eigenvalue weighted by Gasteiger charge is -2.35. The van der Waals surface area contributed by atoms with Gasteiger partial charge in [0.15, 0.2) is 6.61 Å². The van der Waals surface area contributed by atoms with Crippen molar-refractivity contribution < 1.29 is 14.3 Å². The maximum atomic E-state index is 12.6. The SMILES string of the molecule is Cc1cccc(CN2CCN(C(=O)CN(C)C(=O)COc3ccccc3C#N)CC2)c1. The first-order chi connectivity index (χ1) is 15.0. The van der Waals surface area contributed by atoms with Gasteiger partial charge < -0.3 is 14.5 Å². The molecule has 31 heavy (non-hydrogen) atoms. The standard InChI is InChI=1S/C24H28N4O3/c1-19-6-5-7-20(14-19)16-27-10-12-28(13-11-27)23(29)17-26(2)24(30)18-31-22-9-4-3-8-21(22)15-25/h3-9,14H,10-13,16-18H2,1-2H3. The quantitative estimate of drug-likeness (QED) is 0.685. The number of ether oxygens (including phenoxy) is 1. The fourth-order valence-electron chi connectivity index (χ4n) is 3.55. The largest absolute Gasteiger partial charge is 0.482 e. The van der Waals surface area contributed by atoms with Crippen molar-refractivity contribution in [1.82, 2.24) is 14.7 Å². The van der Waals surface area contributed by atoms with Crippen LogP contribution in [0.2, 0.25) is 0 Å². The number of hydrogen-bond donors (Lipinski definition) is 0. The number of carbonyl (C=O) groups excluding carboxylic acids is 2. The van der Waals surface area contributed by atoms with Crippen molar-refractivity contribution in [3.63, 3.8) is 0 Å². The van der Waals surface area contributed by atoms with E-state index in [0.717, 1.165) is 19.6 Å². The van der Waals surface area contributed by atoms with Crippen LogP contribution in [0.5, 0.6) is 5.75 Å². The fourth-order valence-corrected chi connectivity index (χ4v) is 3.55. The van der Waals surface area contributed by atoms with E-state index in [9.17, 15) is 9.59 Å². The smallest absolute Gasteiger partial charge is 0.260 e. The van der Waals surface area contributed by atoms with Gasteiger partial charge in [0.25, 0.3) is 5.91 Å². The molecule has 0 spiro atoms. The second-order valence-electron chi connectivity index (χ2n) is 7.79. The number of piperazine rings is 1. The Bertz CT molecular complexity index is 961. The number of benzene rings is 2. The lowest BCUT2D eigenvalue weighted by molar-refractivity contribution is -0.141. The van der Waals surface area contributed by atoms with Crippen molar-refractivity contribution in [1.29, 1.82) is 5.26 Å². The average Bonchev–Trinajstić information content (AvgIpc) is 2.78. The van der Waals surface area contributed by atoms with Gasteiger partial charge in [0, 0.05) is 39.8 Å². The van der Waals surface area contributed by atoms with E-state index in [-0.39, 0.29) is 25.0 Å². The fraction of sp³-hybridized carbons (Fsp3) is 0.375. The Hall–Kier alpha value is -3.37. The molecule has 1 saturated heterocycles. The molecule has 7 nitrogen and oxygen atoms in total. The van der Waals surface area contributed by atoms with E-state index < -0.39 is 0 Å². The Labute approximate surface area is 183 Å². The first kappa shape index (κ1) is 22.3. The number of hydrogen-bond acceptors (Lipinski definition) is 5. The minimum atomic E-state index is -0.306. The lowest BCUT2D eigenvalue weighted by atomic mass is 10.1. The Morgan fingerprint density at radius 1 is 1.10 bits per heavy atom. The molecule has 2 aromatic carbocycles. The summed E-state index contributed by atoms with van der Waals surface area (Å²) in [4.78, 5) is 30.5. The monoisotopic (exact) mass is 420 g/mol. The molecule has 3 rings (SSSR count). The van der Waals surface area contributed by atoms with E-state index >= 15 is 0 Å². The van der Waals surface area contributed by atoms with Gasteiger partial charge in [0.2, 0.25) is 5.91 Å².